The molecule has 0 amide bonds. The zero-order valence-electron chi connectivity index (χ0n) is 15.9. The lowest BCUT2D eigenvalue weighted by atomic mass is 9.95. The highest BCUT2D eigenvalue weighted by Gasteiger charge is 2.22. The molecule has 0 spiro atoms. The van der Waals surface area contributed by atoms with E-state index in [1.165, 1.54) is 31.4 Å². The van der Waals surface area contributed by atoms with Crippen LogP contribution in [0.15, 0.2) is 54.6 Å². The monoisotopic (exact) mass is 443 g/mol. The van der Waals surface area contributed by atoms with Crippen LogP contribution in [0.2, 0.25) is 10.0 Å². The Bertz CT molecular complexity index is 1130. The van der Waals surface area contributed by atoms with Gasteiger partial charge in [-0.3, -0.25) is 4.79 Å². The first kappa shape index (κ1) is 21.8. The van der Waals surface area contributed by atoms with E-state index in [1.54, 1.807) is 30.3 Å². The summed E-state index contributed by atoms with van der Waals surface area (Å²) >= 11 is 12.6. The molecule has 0 bridgehead atoms. The molecule has 0 aliphatic heterocycles. The number of methoxy groups -OCH3 is 1. The predicted octanol–water partition coefficient (Wildman–Crippen LogP) is 5.93. The Morgan fingerprint density at radius 1 is 1.07 bits per heavy atom. The first-order chi connectivity index (χ1) is 14.5. The van der Waals surface area contributed by atoms with E-state index in [1.807, 2.05) is 6.07 Å². The molecule has 0 aliphatic rings. The topological polar surface area (TPSA) is 59.3 Å². The number of ketones is 1. The van der Waals surface area contributed by atoms with E-state index >= 15 is 4.39 Å². The van der Waals surface area contributed by atoms with Gasteiger partial charge >= 0.3 is 0 Å². The van der Waals surface area contributed by atoms with Crippen LogP contribution in [0.25, 0.3) is 11.1 Å². The summed E-state index contributed by atoms with van der Waals surface area (Å²) in [5, 5.41) is 9.73. The van der Waals surface area contributed by atoms with Gasteiger partial charge in [0.25, 0.3) is 0 Å². The van der Waals surface area contributed by atoms with Crippen LogP contribution in [0.5, 0.6) is 5.75 Å². The van der Waals surface area contributed by atoms with E-state index in [-0.39, 0.29) is 57.0 Å². The minimum absolute atomic E-state index is 0.0499. The molecule has 152 valence electrons. The second kappa shape index (κ2) is 9.73. The number of rotatable bonds is 7. The van der Waals surface area contributed by atoms with E-state index in [0.29, 0.717) is 5.56 Å². The summed E-state index contributed by atoms with van der Waals surface area (Å²) in [4.78, 5) is 12.9. The van der Waals surface area contributed by atoms with Gasteiger partial charge in [-0.2, -0.15) is 5.26 Å². The van der Waals surface area contributed by atoms with Gasteiger partial charge in [0.05, 0.1) is 28.3 Å². The Morgan fingerprint density at radius 3 is 2.47 bits per heavy atom. The van der Waals surface area contributed by atoms with Gasteiger partial charge in [0.1, 0.15) is 6.61 Å². The minimum atomic E-state index is -0.757. The molecule has 0 atom stereocenters. The van der Waals surface area contributed by atoms with E-state index in [2.05, 4.69) is 0 Å². The highest BCUT2D eigenvalue weighted by atomic mass is 35.5. The maximum atomic E-state index is 15.3. The van der Waals surface area contributed by atoms with Crippen LogP contribution < -0.4 is 4.74 Å². The van der Waals surface area contributed by atoms with Crippen LogP contribution in [0.3, 0.4) is 0 Å². The number of carbonyl (C=O) groups excluding carboxylic acids is 1. The smallest absolute Gasteiger partial charge is 0.194 e. The third kappa shape index (κ3) is 4.47. The van der Waals surface area contributed by atoms with Crippen molar-refractivity contribution in [2.75, 3.05) is 20.3 Å². The molecule has 3 aromatic rings. The standard InChI is InChI=1S/C23H16Cl2FNO3/c1-29-9-10-30-20-8-7-15(13-27)21(22(20)26)16-11-17(19(25)12-18(16)24)23(28)14-5-3-2-4-6-14/h2-8,11-12H,9-10H2,1H3. The van der Waals surface area contributed by atoms with Crippen LogP contribution in [-0.2, 0) is 4.74 Å². The van der Waals surface area contributed by atoms with Gasteiger partial charge in [0, 0.05) is 29.4 Å². The van der Waals surface area contributed by atoms with Gasteiger partial charge in [0.2, 0.25) is 0 Å². The van der Waals surface area contributed by atoms with Crippen molar-refractivity contribution in [3.8, 4) is 22.9 Å². The lowest BCUT2D eigenvalue weighted by Gasteiger charge is -2.15. The Labute approximate surface area is 183 Å². The zero-order valence-corrected chi connectivity index (χ0v) is 17.4. The molecule has 0 fully saturated rings. The fourth-order valence-corrected chi connectivity index (χ4v) is 3.48. The van der Waals surface area contributed by atoms with Crippen LogP contribution in [0.1, 0.15) is 21.5 Å². The molecule has 7 heteroatoms. The SMILES string of the molecule is COCCOc1ccc(C#N)c(-c2cc(C(=O)c3ccccc3)c(Cl)cc2Cl)c1F. The second-order valence-electron chi connectivity index (χ2n) is 6.26. The van der Waals surface area contributed by atoms with Crippen molar-refractivity contribution in [1.29, 1.82) is 5.26 Å². The highest BCUT2D eigenvalue weighted by molar-refractivity contribution is 6.39. The van der Waals surface area contributed by atoms with Crippen LogP contribution >= 0.6 is 23.2 Å². The summed E-state index contributed by atoms with van der Waals surface area (Å²) in [7, 11) is 1.50. The summed E-state index contributed by atoms with van der Waals surface area (Å²) in [6.45, 7) is 0.400. The fourth-order valence-electron chi connectivity index (χ4n) is 2.92. The van der Waals surface area contributed by atoms with Gasteiger partial charge in [-0.25, -0.2) is 4.39 Å². The van der Waals surface area contributed by atoms with E-state index in [0.717, 1.165) is 0 Å². The van der Waals surface area contributed by atoms with Crippen LogP contribution in [-0.4, -0.2) is 26.1 Å². The number of ether oxygens (including phenoxy) is 2. The van der Waals surface area contributed by atoms with Crippen molar-refractivity contribution in [3.63, 3.8) is 0 Å². The van der Waals surface area contributed by atoms with Gasteiger partial charge in [-0.1, -0.05) is 53.5 Å². The molecular weight excluding hydrogens is 428 g/mol. The van der Waals surface area contributed by atoms with Crippen molar-refractivity contribution in [1.82, 2.24) is 0 Å². The number of carbonyl (C=O) groups is 1. The molecule has 3 rings (SSSR count). The van der Waals surface area contributed by atoms with Gasteiger partial charge in [-0.15, -0.1) is 0 Å². The molecule has 3 aromatic carbocycles. The minimum Gasteiger partial charge on any atom is -0.488 e. The summed E-state index contributed by atoms with van der Waals surface area (Å²) in [5.74, 6) is -1.15. The maximum Gasteiger partial charge on any atom is 0.194 e. The van der Waals surface area contributed by atoms with E-state index in [4.69, 9.17) is 32.7 Å². The molecule has 30 heavy (non-hydrogen) atoms. The fraction of sp³-hybridized carbons (Fsp3) is 0.130. The quantitative estimate of drug-likeness (QED) is 0.335. The summed E-state index contributed by atoms with van der Waals surface area (Å²) < 4.78 is 25.6. The van der Waals surface area contributed by atoms with Crippen molar-refractivity contribution in [2.24, 2.45) is 0 Å². The first-order valence-corrected chi connectivity index (χ1v) is 9.67. The Kier molecular flexibility index (Phi) is 7.07. The number of nitriles is 1. The molecule has 0 unspecified atom stereocenters. The van der Waals surface area contributed by atoms with Crippen LogP contribution in [0.4, 0.5) is 4.39 Å². The van der Waals surface area contributed by atoms with Crippen molar-refractivity contribution >= 4 is 29.0 Å². The molecule has 0 radical (unpaired) electrons. The molecule has 0 saturated heterocycles. The van der Waals surface area contributed by atoms with Gasteiger partial charge in [0.15, 0.2) is 17.3 Å². The number of nitrogens with zero attached hydrogens (tertiary/aromatic N) is 1. The molecule has 0 saturated carbocycles. The first-order valence-electron chi connectivity index (χ1n) is 8.91. The predicted molar refractivity (Wildman–Crippen MR) is 114 cm³/mol. The third-order valence-electron chi connectivity index (χ3n) is 4.38. The number of halogens is 3. The summed E-state index contributed by atoms with van der Waals surface area (Å²) in [6, 6.07) is 16.1. The van der Waals surface area contributed by atoms with Crippen LogP contribution in [0, 0.1) is 17.1 Å². The second-order valence-corrected chi connectivity index (χ2v) is 7.07. The summed E-state index contributed by atoms with van der Waals surface area (Å²) in [5.41, 5.74) is 0.735. The third-order valence-corrected chi connectivity index (χ3v) is 5.00. The normalized spacial score (nSPS) is 10.5. The average Bonchev–Trinajstić information content (AvgIpc) is 2.75. The number of hydrogen-bond donors (Lipinski definition) is 0. The summed E-state index contributed by atoms with van der Waals surface area (Å²) in [6.07, 6.45) is 0. The molecular formula is C23H16Cl2FNO3. The lowest BCUT2D eigenvalue weighted by Crippen LogP contribution is -2.07. The Balaban J connectivity index is 2.15. The largest absolute Gasteiger partial charge is 0.488 e. The average molecular weight is 444 g/mol. The Hall–Kier alpha value is -2.91. The molecule has 0 N–H and O–H groups in total. The molecule has 0 aliphatic carbocycles. The maximum absolute atomic E-state index is 15.3. The molecule has 0 heterocycles. The van der Waals surface area contributed by atoms with E-state index < -0.39 is 5.82 Å². The molecule has 4 nitrogen and oxygen atoms in total. The van der Waals surface area contributed by atoms with Crippen molar-refractivity contribution < 1.29 is 18.7 Å². The van der Waals surface area contributed by atoms with Crippen molar-refractivity contribution in [2.45, 2.75) is 0 Å². The lowest BCUT2D eigenvalue weighted by molar-refractivity contribution is 0.103. The number of benzene rings is 3. The van der Waals surface area contributed by atoms with E-state index in [9.17, 15) is 10.1 Å². The highest BCUT2D eigenvalue weighted by Crippen LogP contribution is 2.39. The zero-order chi connectivity index (χ0) is 21.7. The Morgan fingerprint density at radius 2 is 1.80 bits per heavy atom. The van der Waals surface area contributed by atoms with Gasteiger partial charge in [-0.05, 0) is 24.3 Å². The van der Waals surface area contributed by atoms with Gasteiger partial charge < -0.3 is 9.47 Å². The molecule has 0 aromatic heterocycles. The number of hydrogen-bond acceptors (Lipinski definition) is 4. The van der Waals surface area contributed by atoms with Crippen molar-refractivity contribution in [3.05, 3.63) is 87.2 Å².